The van der Waals surface area contributed by atoms with E-state index < -0.39 is 5.82 Å². The second-order valence-electron chi connectivity index (χ2n) is 2.93. The van der Waals surface area contributed by atoms with Gasteiger partial charge in [0.05, 0.1) is 5.56 Å². The predicted molar refractivity (Wildman–Crippen MR) is 56.6 cm³/mol. The van der Waals surface area contributed by atoms with E-state index in [-0.39, 0.29) is 11.4 Å². The van der Waals surface area contributed by atoms with E-state index >= 15 is 0 Å². The van der Waals surface area contributed by atoms with Gasteiger partial charge < -0.3 is 5.73 Å². The molecule has 0 amide bonds. The molecular formula is C11H10FN3. The average molecular weight is 203 g/mol. The maximum atomic E-state index is 13.1. The molecule has 0 aromatic heterocycles. The zero-order valence-electron chi connectivity index (χ0n) is 8.07. The number of nitrogens with zero attached hydrogens (tertiary/aromatic N) is 2. The molecule has 0 heterocycles. The molecular weight excluding hydrogens is 193 g/mol. The van der Waals surface area contributed by atoms with Crippen molar-refractivity contribution < 1.29 is 4.39 Å². The number of nitrogens with two attached hydrogens (primary N) is 1. The first-order chi connectivity index (χ1) is 7.13. The van der Waals surface area contributed by atoms with Gasteiger partial charge in [0.25, 0.3) is 0 Å². The first kappa shape index (κ1) is 10.9. The van der Waals surface area contributed by atoms with Crippen LogP contribution in [-0.4, -0.2) is 6.21 Å². The molecule has 1 aromatic carbocycles. The van der Waals surface area contributed by atoms with Crippen LogP contribution in [0.25, 0.3) is 0 Å². The topological polar surface area (TPSA) is 62.2 Å². The maximum absolute atomic E-state index is 13.1. The van der Waals surface area contributed by atoms with Gasteiger partial charge in [-0.15, -0.1) is 0 Å². The van der Waals surface area contributed by atoms with Crippen LogP contribution in [0.1, 0.15) is 11.1 Å². The molecule has 0 aliphatic carbocycles. The highest BCUT2D eigenvalue weighted by molar-refractivity contribution is 5.62. The molecule has 3 nitrogen and oxygen atoms in total. The Hall–Kier alpha value is -2.15. The van der Waals surface area contributed by atoms with Gasteiger partial charge in [0, 0.05) is 12.6 Å². The van der Waals surface area contributed by atoms with Gasteiger partial charge in [0.15, 0.2) is 0 Å². The second kappa shape index (κ2) is 4.91. The monoisotopic (exact) mass is 203 g/mol. The molecule has 76 valence electrons. The average Bonchev–Trinajstić information content (AvgIpc) is 2.17. The van der Waals surface area contributed by atoms with E-state index in [0.29, 0.717) is 6.42 Å². The Labute approximate surface area is 87.4 Å². The van der Waals surface area contributed by atoms with Crippen molar-refractivity contribution in [3.8, 4) is 6.07 Å². The van der Waals surface area contributed by atoms with E-state index in [4.69, 9.17) is 11.0 Å². The van der Waals surface area contributed by atoms with Crippen molar-refractivity contribution in [1.82, 2.24) is 0 Å². The number of aliphatic imine (C=N–C) groups is 1. The Balaban J connectivity index is 2.77. The lowest BCUT2D eigenvalue weighted by atomic mass is 10.1. The number of halogens is 1. The summed E-state index contributed by atoms with van der Waals surface area (Å²) in [5.41, 5.74) is 6.00. The van der Waals surface area contributed by atoms with Crippen LogP contribution in [0.3, 0.4) is 0 Å². The standard InChI is InChI=1S/C11H10FN3/c1-8(14)15-5-4-9-2-3-10(7-13)11(12)6-9/h2-3,5-6H,1,4,14H2/b15-5-. The van der Waals surface area contributed by atoms with Crippen LogP contribution >= 0.6 is 0 Å². The molecule has 0 aliphatic heterocycles. The summed E-state index contributed by atoms with van der Waals surface area (Å²) < 4.78 is 13.1. The van der Waals surface area contributed by atoms with Crippen molar-refractivity contribution in [1.29, 1.82) is 5.26 Å². The molecule has 0 radical (unpaired) electrons. The molecule has 0 fully saturated rings. The lowest BCUT2D eigenvalue weighted by Crippen LogP contribution is -1.94. The number of benzene rings is 1. The molecule has 0 unspecified atom stereocenters. The molecule has 0 atom stereocenters. The van der Waals surface area contributed by atoms with Gasteiger partial charge in [-0.1, -0.05) is 12.6 Å². The zero-order valence-corrected chi connectivity index (χ0v) is 8.07. The smallest absolute Gasteiger partial charge is 0.141 e. The fourth-order valence-corrected chi connectivity index (χ4v) is 1.04. The number of nitriles is 1. The van der Waals surface area contributed by atoms with Crippen LogP contribution < -0.4 is 5.73 Å². The van der Waals surface area contributed by atoms with Gasteiger partial charge in [0.1, 0.15) is 17.7 Å². The third kappa shape index (κ3) is 3.24. The van der Waals surface area contributed by atoms with E-state index in [1.165, 1.54) is 12.1 Å². The van der Waals surface area contributed by atoms with E-state index in [2.05, 4.69) is 11.6 Å². The summed E-state index contributed by atoms with van der Waals surface area (Å²) in [6.07, 6.45) is 2.00. The fraction of sp³-hybridized carbons (Fsp3) is 0.0909. The Kier molecular flexibility index (Phi) is 3.58. The molecule has 4 heteroatoms. The normalized spacial score (nSPS) is 10.1. The Morgan fingerprint density at radius 2 is 2.40 bits per heavy atom. The summed E-state index contributed by atoms with van der Waals surface area (Å²) in [5.74, 6) is -0.306. The minimum Gasteiger partial charge on any atom is -0.384 e. The van der Waals surface area contributed by atoms with E-state index in [0.717, 1.165) is 5.56 Å². The van der Waals surface area contributed by atoms with Crippen LogP contribution in [0, 0.1) is 17.1 Å². The summed E-state index contributed by atoms with van der Waals surface area (Å²) in [4.78, 5) is 3.76. The molecule has 1 aromatic rings. The van der Waals surface area contributed by atoms with Crippen molar-refractivity contribution in [2.24, 2.45) is 10.7 Å². The summed E-state index contributed by atoms with van der Waals surface area (Å²) >= 11 is 0. The lowest BCUT2D eigenvalue weighted by Gasteiger charge is -1.97. The molecule has 2 N–H and O–H groups in total. The fourth-order valence-electron chi connectivity index (χ4n) is 1.04. The van der Waals surface area contributed by atoms with Gasteiger partial charge in [-0.05, 0) is 17.7 Å². The molecule has 0 saturated heterocycles. The van der Waals surface area contributed by atoms with Crippen molar-refractivity contribution in [3.63, 3.8) is 0 Å². The SMILES string of the molecule is C=C(N)/N=C\Cc1ccc(C#N)c(F)c1. The predicted octanol–water partition coefficient (Wildman–Crippen LogP) is 1.74. The Morgan fingerprint density at radius 1 is 1.67 bits per heavy atom. The lowest BCUT2D eigenvalue weighted by molar-refractivity contribution is 0.622. The molecule has 0 spiro atoms. The molecule has 15 heavy (non-hydrogen) atoms. The van der Waals surface area contributed by atoms with Crippen LogP contribution in [0.4, 0.5) is 4.39 Å². The minimum atomic E-state index is -0.519. The number of hydrogen-bond acceptors (Lipinski definition) is 3. The van der Waals surface area contributed by atoms with Crippen LogP contribution in [0.2, 0.25) is 0 Å². The van der Waals surface area contributed by atoms with Gasteiger partial charge in [0.2, 0.25) is 0 Å². The first-order valence-corrected chi connectivity index (χ1v) is 4.29. The van der Waals surface area contributed by atoms with Crippen molar-refractivity contribution in [2.45, 2.75) is 6.42 Å². The van der Waals surface area contributed by atoms with Gasteiger partial charge in [-0.25, -0.2) is 9.38 Å². The first-order valence-electron chi connectivity index (χ1n) is 4.29. The highest BCUT2D eigenvalue weighted by atomic mass is 19.1. The van der Waals surface area contributed by atoms with Crippen LogP contribution in [0.5, 0.6) is 0 Å². The third-order valence-electron chi connectivity index (χ3n) is 1.74. The van der Waals surface area contributed by atoms with Gasteiger partial charge >= 0.3 is 0 Å². The largest absolute Gasteiger partial charge is 0.384 e. The van der Waals surface area contributed by atoms with Gasteiger partial charge in [-0.3, -0.25) is 0 Å². The molecule has 0 saturated carbocycles. The Bertz CT molecular complexity index is 444. The quantitative estimate of drug-likeness (QED) is 0.760. The summed E-state index contributed by atoms with van der Waals surface area (Å²) in [7, 11) is 0. The van der Waals surface area contributed by atoms with Crippen molar-refractivity contribution >= 4 is 6.21 Å². The maximum Gasteiger partial charge on any atom is 0.141 e. The van der Waals surface area contributed by atoms with Crippen LogP contribution in [-0.2, 0) is 6.42 Å². The molecule has 0 bridgehead atoms. The Morgan fingerprint density at radius 3 is 2.93 bits per heavy atom. The van der Waals surface area contributed by atoms with E-state index in [9.17, 15) is 4.39 Å². The third-order valence-corrected chi connectivity index (χ3v) is 1.74. The molecule has 1 rings (SSSR count). The molecule has 0 aliphatic rings. The van der Waals surface area contributed by atoms with Gasteiger partial charge in [-0.2, -0.15) is 5.26 Å². The van der Waals surface area contributed by atoms with E-state index in [1.54, 1.807) is 18.4 Å². The summed E-state index contributed by atoms with van der Waals surface area (Å²) in [6, 6.07) is 6.18. The zero-order chi connectivity index (χ0) is 11.3. The highest BCUT2D eigenvalue weighted by Crippen LogP contribution is 2.09. The minimum absolute atomic E-state index is 0.0407. The van der Waals surface area contributed by atoms with E-state index in [1.807, 2.05) is 0 Å². The number of rotatable bonds is 3. The second-order valence-corrected chi connectivity index (χ2v) is 2.93. The summed E-state index contributed by atoms with van der Waals surface area (Å²) in [6.45, 7) is 3.39. The van der Waals surface area contributed by atoms with Crippen molar-refractivity contribution in [3.05, 3.63) is 47.5 Å². The summed E-state index contributed by atoms with van der Waals surface area (Å²) in [5, 5.41) is 8.51. The number of hydrogen-bond donors (Lipinski definition) is 1. The van der Waals surface area contributed by atoms with Crippen LogP contribution in [0.15, 0.2) is 35.6 Å². The van der Waals surface area contributed by atoms with Crippen molar-refractivity contribution in [2.75, 3.05) is 0 Å². The highest BCUT2D eigenvalue weighted by Gasteiger charge is 2.01.